The van der Waals surface area contributed by atoms with Gasteiger partial charge in [0.2, 0.25) is 0 Å². The lowest BCUT2D eigenvalue weighted by molar-refractivity contribution is -0.142. The van der Waals surface area contributed by atoms with Gasteiger partial charge in [-0.25, -0.2) is 4.79 Å². The summed E-state index contributed by atoms with van der Waals surface area (Å²) in [6, 6.07) is 3.52. The van der Waals surface area contributed by atoms with Crippen LogP contribution in [0.5, 0.6) is 11.5 Å². The van der Waals surface area contributed by atoms with Gasteiger partial charge >= 0.3 is 5.97 Å². The lowest BCUT2D eigenvalue weighted by atomic mass is 9.79. The third-order valence-corrected chi connectivity index (χ3v) is 5.06. The smallest absolute Gasteiger partial charge is 0.330 e. The maximum absolute atomic E-state index is 12.1. The molecule has 1 fully saturated rings. The van der Waals surface area contributed by atoms with E-state index in [0.29, 0.717) is 23.8 Å². The van der Waals surface area contributed by atoms with Crippen molar-refractivity contribution in [2.24, 2.45) is 10.9 Å². The second-order valence-electron chi connectivity index (χ2n) is 6.46. The molecule has 5 heteroatoms. The van der Waals surface area contributed by atoms with Crippen molar-refractivity contribution in [3.63, 3.8) is 0 Å². The summed E-state index contributed by atoms with van der Waals surface area (Å²) < 4.78 is 15.8. The predicted octanol–water partition coefficient (Wildman–Crippen LogP) is 3.17. The van der Waals surface area contributed by atoms with Crippen LogP contribution in [0.25, 0.3) is 0 Å². The maximum atomic E-state index is 12.1. The number of methoxy groups -OCH3 is 3. The van der Waals surface area contributed by atoms with Gasteiger partial charge in [0.15, 0.2) is 17.5 Å². The Morgan fingerprint density at radius 2 is 1.71 bits per heavy atom. The van der Waals surface area contributed by atoms with E-state index >= 15 is 0 Å². The van der Waals surface area contributed by atoms with Gasteiger partial charge in [0.05, 0.1) is 21.3 Å². The molecular weight excluding hydrogens is 306 g/mol. The van der Waals surface area contributed by atoms with E-state index in [2.05, 4.69) is 0 Å². The highest BCUT2D eigenvalue weighted by atomic mass is 16.5. The Morgan fingerprint density at radius 3 is 2.33 bits per heavy atom. The molecule has 0 spiro atoms. The third kappa shape index (κ3) is 3.12. The van der Waals surface area contributed by atoms with Crippen LogP contribution in [0.15, 0.2) is 17.1 Å². The number of hydrogen-bond acceptors (Lipinski definition) is 5. The van der Waals surface area contributed by atoms with E-state index in [4.69, 9.17) is 19.2 Å². The SMILES string of the molecule is COC(=O)[C@@H]1Cc2cc(OC)c(OC)cc2C(C2CCCCC2)=N1. The summed E-state index contributed by atoms with van der Waals surface area (Å²) >= 11 is 0. The van der Waals surface area contributed by atoms with Gasteiger partial charge in [0.1, 0.15) is 0 Å². The van der Waals surface area contributed by atoms with Gasteiger partial charge in [0, 0.05) is 23.6 Å². The highest BCUT2D eigenvalue weighted by Gasteiger charge is 2.32. The Bertz CT molecular complexity index is 647. The number of fused-ring (bicyclic) bond motifs is 1. The zero-order valence-corrected chi connectivity index (χ0v) is 14.6. The summed E-state index contributed by atoms with van der Waals surface area (Å²) in [4.78, 5) is 16.9. The van der Waals surface area contributed by atoms with Crippen molar-refractivity contribution in [3.8, 4) is 11.5 Å². The van der Waals surface area contributed by atoms with Gasteiger partial charge in [-0.2, -0.15) is 0 Å². The quantitative estimate of drug-likeness (QED) is 0.795. The largest absolute Gasteiger partial charge is 0.493 e. The maximum Gasteiger partial charge on any atom is 0.330 e. The Kier molecular flexibility index (Phi) is 5.07. The van der Waals surface area contributed by atoms with Crippen molar-refractivity contribution in [1.29, 1.82) is 0 Å². The van der Waals surface area contributed by atoms with Crippen molar-refractivity contribution >= 4 is 11.7 Å². The van der Waals surface area contributed by atoms with E-state index in [1.807, 2.05) is 12.1 Å². The molecular formula is C19H25NO4. The van der Waals surface area contributed by atoms with Crippen molar-refractivity contribution in [2.75, 3.05) is 21.3 Å². The number of esters is 1. The topological polar surface area (TPSA) is 57.1 Å². The van der Waals surface area contributed by atoms with E-state index in [0.717, 1.165) is 29.7 Å². The second-order valence-corrected chi connectivity index (χ2v) is 6.46. The van der Waals surface area contributed by atoms with Crippen molar-refractivity contribution < 1.29 is 19.0 Å². The van der Waals surface area contributed by atoms with E-state index in [1.165, 1.54) is 26.4 Å². The van der Waals surface area contributed by atoms with Gasteiger partial charge < -0.3 is 14.2 Å². The molecule has 5 nitrogen and oxygen atoms in total. The first-order valence-electron chi connectivity index (χ1n) is 8.58. The zero-order chi connectivity index (χ0) is 17.1. The molecule has 130 valence electrons. The monoisotopic (exact) mass is 331 g/mol. The second kappa shape index (κ2) is 7.24. The standard InChI is InChI=1S/C19H25NO4/c1-22-16-10-13-9-15(19(21)24-3)20-18(12-7-5-4-6-8-12)14(13)11-17(16)23-2/h10-12,15H,4-9H2,1-3H3/t15-/m0/s1. The fourth-order valence-electron chi connectivity index (χ4n) is 3.79. The van der Waals surface area contributed by atoms with Crippen molar-refractivity contribution in [2.45, 2.75) is 44.6 Å². The molecule has 0 amide bonds. The highest BCUT2D eigenvalue weighted by Crippen LogP contribution is 2.37. The van der Waals surface area contributed by atoms with Gasteiger partial charge in [-0.1, -0.05) is 19.3 Å². The Hall–Kier alpha value is -2.04. The van der Waals surface area contributed by atoms with E-state index in [1.54, 1.807) is 14.2 Å². The van der Waals surface area contributed by atoms with Gasteiger partial charge in [-0.3, -0.25) is 4.99 Å². The Balaban J connectivity index is 2.06. The summed E-state index contributed by atoms with van der Waals surface area (Å²) in [5.41, 5.74) is 3.21. The molecule has 1 atom stereocenters. The summed E-state index contributed by atoms with van der Waals surface area (Å²) in [6.07, 6.45) is 6.51. The summed E-state index contributed by atoms with van der Waals surface area (Å²) in [7, 11) is 4.69. The van der Waals surface area contributed by atoms with Crippen LogP contribution in [-0.2, 0) is 16.0 Å². The highest BCUT2D eigenvalue weighted by molar-refractivity contribution is 6.06. The molecule has 0 saturated heterocycles. The lowest BCUT2D eigenvalue weighted by Crippen LogP contribution is -2.32. The number of nitrogens with zero attached hydrogens (tertiary/aromatic N) is 1. The van der Waals surface area contributed by atoms with Crippen LogP contribution >= 0.6 is 0 Å². The first-order valence-corrected chi connectivity index (χ1v) is 8.58. The molecule has 1 heterocycles. The molecule has 0 N–H and O–H groups in total. The minimum absolute atomic E-state index is 0.274. The molecule has 0 aromatic heterocycles. The first-order chi connectivity index (χ1) is 11.7. The zero-order valence-electron chi connectivity index (χ0n) is 14.6. The third-order valence-electron chi connectivity index (χ3n) is 5.06. The summed E-state index contributed by atoms with van der Waals surface area (Å²) in [5, 5.41) is 0. The predicted molar refractivity (Wildman–Crippen MR) is 92.2 cm³/mol. The average Bonchev–Trinajstić information content (AvgIpc) is 2.65. The minimum atomic E-state index is -0.461. The van der Waals surface area contributed by atoms with Gasteiger partial charge in [-0.05, 0) is 30.5 Å². The molecule has 3 rings (SSSR count). The van der Waals surface area contributed by atoms with Crippen LogP contribution in [0.3, 0.4) is 0 Å². The van der Waals surface area contributed by atoms with Crippen LogP contribution in [0.4, 0.5) is 0 Å². The van der Waals surface area contributed by atoms with Crippen LogP contribution in [-0.4, -0.2) is 39.1 Å². The Labute approximate surface area is 143 Å². The molecule has 0 radical (unpaired) electrons. The minimum Gasteiger partial charge on any atom is -0.493 e. The summed E-state index contributed by atoms with van der Waals surface area (Å²) in [6.45, 7) is 0. The fourth-order valence-corrected chi connectivity index (χ4v) is 3.79. The number of ether oxygens (including phenoxy) is 3. The van der Waals surface area contributed by atoms with Crippen molar-refractivity contribution in [3.05, 3.63) is 23.3 Å². The van der Waals surface area contributed by atoms with E-state index in [9.17, 15) is 4.79 Å². The normalized spacial score (nSPS) is 20.8. The van der Waals surface area contributed by atoms with Crippen LogP contribution in [0.2, 0.25) is 0 Å². The van der Waals surface area contributed by atoms with Crippen LogP contribution in [0, 0.1) is 5.92 Å². The molecule has 1 aromatic carbocycles. The number of benzene rings is 1. The molecule has 1 aromatic rings. The van der Waals surface area contributed by atoms with Gasteiger partial charge in [-0.15, -0.1) is 0 Å². The molecule has 1 aliphatic carbocycles. The number of rotatable bonds is 4. The number of hydrogen-bond donors (Lipinski definition) is 0. The molecule has 1 aliphatic heterocycles. The fraction of sp³-hybridized carbons (Fsp3) is 0.579. The van der Waals surface area contributed by atoms with E-state index < -0.39 is 6.04 Å². The number of carbonyl (C=O) groups excluding carboxylic acids is 1. The number of aliphatic imine (C=N–C) groups is 1. The van der Waals surface area contributed by atoms with Crippen LogP contribution in [0.1, 0.15) is 43.2 Å². The molecule has 0 unspecified atom stereocenters. The molecule has 24 heavy (non-hydrogen) atoms. The molecule has 2 aliphatic rings. The molecule has 1 saturated carbocycles. The first kappa shape index (κ1) is 16.8. The van der Waals surface area contributed by atoms with Gasteiger partial charge in [0.25, 0.3) is 0 Å². The lowest BCUT2D eigenvalue weighted by Gasteiger charge is -2.30. The van der Waals surface area contributed by atoms with Crippen LogP contribution < -0.4 is 9.47 Å². The molecule has 0 bridgehead atoms. The Morgan fingerprint density at radius 1 is 1.04 bits per heavy atom. The number of carbonyl (C=O) groups is 1. The summed E-state index contributed by atoms with van der Waals surface area (Å²) in [5.74, 6) is 1.52. The average molecular weight is 331 g/mol. The van der Waals surface area contributed by atoms with Crippen molar-refractivity contribution in [1.82, 2.24) is 0 Å². The van der Waals surface area contributed by atoms with E-state index in [-0.39, 0.29) is 5.97 Å².